The molecular formula is C50H78O14P2. The zero-order valence-corrected chi connectivity index (χ0v) is 40.9. The second-order valence-corrected chi connectivity index (χ2v) is 17.5. The highest BCUT2D eigenvalue weighted by molar-refractivity contribution is 7.47. The Hall–Kier alpha value is -3.78. The Bertz CT molecular complexity index is 1680. The van der Waals surface area contributed by atoms with Crippen molar-refractivity contribution in [1.29, 1.82) is 0 Å². The third-order valence-corrected chi connectivity index (χ3v) is 10.1. The molecule has 0 saturated carbocycles. The Labute approximate surface area is 394 Å². The van der Waals surface area contributed by atoms with Gasteiger partial charge in [0.05, 0.1) is 25.9 Å². The molecule has 0 saturated heterocycles. The molecule has 0 fully saturated rings. The Morgan fingerprint density at radius 2 is 0.985 bits per heavy atom. The average Bonchev–Trinajstić information content (AvgIpc) is 3.28. The van der Waals surface area contributed by atoms with Crippen molar-refractivity contribution in [2.45, 2.75) is 141 Å². The lowest BCUT2D eigenvalue weighted by molar-refractivity contribution is -0.161. The minimum atomic E-state index is -4.89. The number of unbranched alkanes of at least 4 members (excludes halogenated alkanes) is 3. The summed E-state index contributed by atoms with van der Waals surface area (Å²) in [5.41, 5.74) is 0. The predicted molar refractivity (Wildman–Crippen MR) is 263 cm³/mol. The van der Waals surface area contributed by atoms with Crippen LogP contribution >= 0.6 is 15.6 Å². The maximum Gasteiger partial charge on any atom is 0.472 e. The molecule has 0 aliphatic heterocycles. The zero-order valence-electron chi connectivity index (χ0n) is 39.1. The largest absolute Gasteiger partial charge is 0.472 e. The maximum atomic E-state index is 12.7. The fourth-order valence-corrected chi connectivity index (χ4v) is 6.30. The fourth-order valence-electron chi connectivity index (χ4n) is 5.14. The standard InChI is InChI=1S/C50H78O14P2/c1-3-5-7-9-11-12-13-14-15-16-17-18-19-20-21-26-29-33-37-41-50(54)64-48(45-63-66(58,59)62-43-47(52)42-61-65(55,56)57)44-60-49(53)40-36-32-28-25-23-22-24-27-31-35-39-46(51)38-34-30-10-8-6-4-2/h6,8,11-12,14-15,17-18,20-23,27-35,39,46-48,51-52H,3-5,7,9-10,13,16,19,24-26,36-38,40-45H2,1-2H3,(H,58,59)(H2,55,56,57)/b8-6-,12-11-,15-14-,18-17-,21-20-,23-22-,31-27-,32-28-,33-29-,34-30-,39-35+/t46?,47-,48+/m0/s1. The number of ether oxygens (including phenoxy) is 2. The van der Waals surface area contributed by atoms with Crippen LogP contribution in [-0.4, -0.2) is 81.6 Å². The monoisotopic (exact) mass is 964 g/mol. The van der Waals surface area contributed by atoms with Gasteiger partial charge in [-0.15, -0.1) is 0 Å². The van der Waals surface area contributed by atoms with Gasteiger partial charge in [-0.2, -0.15) is 0 Å². The number of hydrogen-bond donors (Lipinski definition) is 5. The molecule has 0 radical (unpaired) electrons. The highest BCUT2D eigenvalue weighted by Gasteiger charge is 2.28. The van der Waals surface area contributed by atoms with Crippen LogP contribution in [0.5, 0.6) is 0 Å². The molecule has 0 rings (SSSR count). The first-order valence-electron chi connectivity index (χ1n) is 23.0. The average molecular weight is 965 g/mol. The molecule has 16 heteroatoms. The van der Waals surface area contributed by atoms with Crippen LogP contribution in [0.1, 0.15) is 123 Å². The van der Waals surface area contributed by atoms with Crippen molar-refractivity contribution in [3.05, 3.63) is 134 Å². The van der Waals surface area contributed by atoms with E-state index in [0.29, 0.717) is 32.1 Å². The predicted octanol–water partition coefficient (Wildman–Crippen LogP) is 11.2. The van der Waals surface area contributed by atoms with E-state index < -0.39 is 72.3 Å². The molecule has 0 aromatic heterocycles. The van der Waals surface area contributed by atoms with Crippen molar-refractivity contribution in [3.63, 3.8) is 0 Å². The van der Waals surface area contributed by atoms with Gasteiger partial charge in [0.1, 0.15) is 12.7 Å². The van der Waals surface area contributed by atoms with E-state index >= 15 is 0 Å². The van der Waals surface area contributed by atoms with Crippen LogP contribution in [0.2, 0.25) is 0 Å². The number of carbonyl (C=O) groups is 2. The zero-order chi connectivity index (χ0) is 48.8. The number of allylic oxidation sites excluding steroid dienone is 20. The molecule has 2 unspecified atom stereocenters. The topological polar surface area (TPSA) is 216 Å². The van der Waals surface area contributed by atoms with Crippen LogP contribution in [0.25, 0.3) is 0 Å². The first kappa shape index (κ1) is 62.2. The quantitative estimate of drug-likeness (QED) is 0.0127. The number of aliphatic hydroxyl groups excluding tert-OH is 2. The molecule has 0 amide bonds. The summed E-state index contributed by atoms with van der Waals surface area (Å²) >= 11 is 0. The SMILES string of the molecule is CC/C=C\C/C=C\CC(O)/C=C/C=C\C/C=C\C/C=C\CCC(=O)OC[C@H](COP(=O)(O)OC[C@@H](O)COP(=O)(O)O)OC(=O)CC/C=C\C/C=C\C/C=C\C/C=C\C/C=C\CCCCC. The number of phosphoric acid groups is 2. The van der Waals surface area contributed by atoms with Crippen molar-refractivity contribution < 1.29 is 66.7 Å². The Kier molecular flexibility index (Phi) is 41.3. The molecule has 4 atom stereocenters. The van der Waals surface area contributed by atoms with Gasteiger partial charge in [0, 0.05) is 12.8 Å². The molecule has 372 valence electrons. The molecule has 0 aliphatic carbocycles. The number of esters is 2. The van der Waals surface area contributed by atoms with E-state index in [1.807, 2.05) is 72.9 Å². The van der Waals surface area contributed by atoms with E-state index in [2.05, 4.69) is 77.6 Å². The van der Waals surface area contributed by atoms with Crippen LogP contribution in [0.3, 0.4) is 0 Å². The minimum absolute atomic E-state index is 0.0226. The molecule has 0 spiro atoms. The Morgan fingerprint density at radius 3 is 1.53 bits per heavy atom. The van der Waals surface area contributed by atoms with Gasteiger partial charge in [0.15, 0.2) is 6.10 Å². The second-order valence-electron chi connectivity index (χ2n) is 14.8. The van der Waals surface area contributed by atoms with Gasteiger partial charge in [0.25, 0.3) is 0 Å². The summed E-state index contributed by atoms with van der Waals surface area (Å²) in [7, 11) is -9.76. The van der Waals surface area contributed by atoms with Gasteiger partial charge in [-0.1, -0.05) is 160 Å². The van der Waals surface area contributed by atoms with E-state index in [4.69, 9.17) is 23.8 Å². The van der Waals surface area contributed by atoms with E-state index in [0.717, 1.165) is 44.9 Å². The van der Waals surface area contributed by atoms with E-state index in [9.17, 15) is 33.8 Å². The number of carbonyl (C=O) groups excluding carboxylic acids is 2. The molecule has 0 aliphatic rings. The van der Waals surface area contributed by atoms with Crippen molar-refractivity contribution >= 4 is 27.6 Å². The van der Waals surface area contributed by atoms with Gasteiger partial charge in [-0.05, 0) is 83.5 Å². The molecule has 14 nitrogen and oxygen atoms in total. The number of aliphatic hydroxyl groups is 2. The molecule has 0 aromatic rings. The van der Waals surface area contributed by atoms with Crippen LogP contribution < -0.4 is 0 Å². The summed E-state index contributed by atoms with van der Waals surface area (Å²) in [6, 6.07) is 0. The Morgan fingerprint density at radius 1 is 0.515 bits per heavy atom. The summed E-state index contributed by atoms with van der Waals surface area (Å²) < 4.78 is 47.6. The number of hydrogen-bond acceptors (Lipinski definition) is 11. The van der Waals surface area contributed by atoms with Crippen molar-refractivity contribution in [2.24, 2.45) is 0 Å². The summed E-state index contributed by atoms with van der Waals surface area (Å²) in [6.07, 6.45) is 53.5. The van der Waals surface area contributed by atoms with Crippen LogP contribution in [0.15, 0.2) is 134 Å². The van der Waals surface area contributed by atoms with E-state index in [1.165, 1.54) is 19.3 Å². The van der Waals surface area contributed by atoms with Crippen LogP contribution in [0.4, 0.5) is 0 Å². The lowest BCUT2D eigenvalue weighted by Crippen LogP contribution is -2.29. The molecule has 0 aromatic carbocycles. The number of rotatable bonds is 41. The van der Waals surface area contributed by atoms with Crippen molar-refractivity contribution in [3.8, 4) is 0 Å². The maximum absolute atomic E-state index is 12.7. The molecular weight excluding hydrogens is 886 g/mol. The first-order valence-corrected chi connectivity index (χ1v) is 26.0. The third kappa shape index (κ3) is 46.7. The summed E-state index contributed by atoms with van der Waals surface area (Å²) in [5, 5.41) is 19.8. The van der Waals surface area contributed by atoms with Crippen LogP contribution in [-0.2, 0) is 41.8 Å². The molecule has 0 bridgehead atoms. The number of phosphoric ester groups is 2. The van der Waals surface area contributed by atoms with Gasteiger partial charge in [-0.25, -0.2) is 9.13 Å². The van der Waals surface area contributed by atoms with E-state index in [1.54, 1.807) is 6.08 Å². The van der Waals surface area contributed by atoms with Crippen molar-refractivity contribution in [2.75, 3.05) is 26.4 Å². The lowest BCUT2D eigenvalue weighted by Gasteiger charge is -2.20. The van der Waals surface area contributed by atoms with Gasteiger partial charge in [0.2, 0.25) is 0 Å². The van der Waals surface area contributed by atoms with Gasteiger partial charge < -0.3 is 34.4 Å². The molecule has 66 heavy (non-hydrogen) atoms. The summed E-state index contributed by atoms with van der Waals surface area (Å²) in [5.74, 6) is -1.27. The minimum Gasteiger partial charge on any atom is -0.462 e. The molecule has 0 heterocycles. The Balaban J connectivity index is 4.80. The smallest absolute Gasteiger partial charge is 0.462 e. The van der Waals surface area contributed by atoms with Gasteiger partial charge in [-0.3, -0.25) is 23.2 Å². The highest BCUT2D eigenvalue weighted by atomic mass is 31.2. The normalized spacial score (nSPS) is 15.6. The van der Waals surface area contributed by atoms with Crippen molar-refractivity contribution in [1.82, 2.24) is 0 Å². The summed E-state index contributed by atoms with van der Waals surface area (Å²) in [6.45, 7) is 1.35. The second kappa shape index (κ2) is 43.8. The van der Waals surface area contributed by atoms with E-state index in [-0.39, 0.29) is 12.8 Å². The third-order valence-electron chi connectivity index (χ3n) is 8.62. The summed E-state index contributed by atoms with van der Waals surface area (Å²) in [4.78, 5) is 52.7. The highest BCUT2D eigenvalue weighted by Crippen LogP contribution is 2.43. The molecule has 5 N–H and O–H groups in total. The fraction of sp³-hybridized carbons (Fsp3) is 0.520. The lowest BCUT2D eigenvalue weighted by atomic mass is 10.2. The van der Waals surface area contributed by atoms with Crippen LogP contribution in [0, 0.1) is 0 Å². The van der Waals surface area contributed by atoms with Gasteiger partial charge >= 0.3 is 27.6 Å². The first-order chi connectivity index (χ1) is 31.8.